The Balaban J connectivity index is 0.000000159. The maximum Gasteiger partial charge on any atom is 0.164 e. The van der Waals surface area contributed by atoms with Gasteiger partial charge in [-0.2, -0.15) is 0 Å². The van der Waals surface area contributed by atoms with Gasteiger partial charge in [0.15, 0.2) is 34.9 Å². The van der Waals surface area contributed by atoms with Gasteiger partial charge in [-0.3, -0.25) is 0 Å². The zero-order chi connectivity index (χ0) is 65.0. The lowest BCUT2D eigenvalue weighted by Gasteiger charge is -2.10. The first-order valence-corrected chi connectivity index (χ1v) is 28.6. The van der Waals surface area contributed by atoms with Crippen molar-refractivity contribution in [2.75, 3.05) is 0 Å². The summed E-state index contributed by atoms with van der Waals surface area (Å²) in [6.45, 7) is 0. The first kappa shape index (κ1) is 42.5. The molecule has 0 aliphatic heterocycles. The highest BCUT2D eigenvalue weighted by atomic mass is 32.1. The monoisotopic (exact) mass is 1130 g/mol. The molecule has 0 aliphatic rings. The van der Waals surface area contributed by atoms with E-state index in [4.69, 9.17) is 31.7 Å². The molecule has 0 atom stereocenters. The van der Waals surface area contributed by atoms with Gasteiger partial charge in [0.25, 0.3) is 0 Å². The van der Waals surface area contributed by atoms with Gasteiger partial charge in [0, 0.05) is 64.3 Å². The first-order valence-electron chi connectivity index (χ1n) is 32.3. The van der Waals surface area contributed by atoms with Crippen molar-refractivity contribution >= 4 is 53.4 Å². The molecule has 0 radical (unpaired) electrons. The fourth-order valence-corrected chi connectivity index (χ4v) is 11.7. The van der Waals surface area contributed by atoms with Crippen LogP contribution in [-0.4, -0.2) is 29.9 Å². The van der Waals surface area contributed by atoms with Crippen molar-refractivity contribution in [3.8, 4) is 113 Å². The van der Waals surface area contributed by atoms with Crippen LogP contribution in [0.15, 0.2) is 308 Å². The Kier molecular flexibility index (Phi) is 11.3. The van der Waals surface area contributed by atoms with Crippen LogP contribution >= 0.6 is 11.3 Å². The Morgan fingerprint density at radius 2 is 0.628 bits per heavy atom. The zero-order valence-corrected chi connectivity index (χ0v) is 46.5. The second-order valence-corrected chi connectivity index (χ2v) is 21.4. The number of nitrogens with zero attached hydrogens (tertiary/aromatic N) is 6. The normalized spacial score (nSPS) is 12.7. The number of hydrogen-bond donors (Lipinski definition) is 0. The molecular formula is C78H50N6OS. The quantitative estimate of drug-likeness (QED) is 0.135. The highest BCUT2D eigenvalue weighted by Gasteiger charge is 2.16. The zero-order valence-electron chi connectivity index (χ0n) is 54.7. The summed E-state index contributed by atoms with van der Waals surface area (Å²) >= 11 is 1.85. The van der Waals surface area contributed by atoms with E-state index < -0.39 is 48.3 Å². The molecular weight excluding hydrogens is 1070 g/mol. The molecule has 0 amide bonds. The number of benzene rings is 12. The molecule has 0 N–H and O–H groups in total. The van der Waals surface area contributed by atoms with Crippen LogP contribution in [0.25, 0.3) is 155 Å². The molecule has 16 aromatic rings. The van der Waals surface area contributed by atoms with Crippen molar-refractivity contribution in [3.05, 3.63) is 303 Å². The Labute approximate surface area is 513 Å². The number of fused-ring (bicyclic) bond motifs is 6. The molecule has 0 saturated carbocycles. The molecule has 7 nitrogen and oxygen atoms in total. The van der Waals surface area contributed by atoms with Crippen LogP contribution in [0, 0.1) is 0 Å². The molecule has 16 rings (SSSR count). The van der Waals surface area contributed by atoms with Crippen molar-refractivity contribution in [3.63, 3.8) is 0 Å². The van der Waals surface area contributed by atoms with Crippen molar-refractivity contribution in [1.29, 1.82) is 0 Å². The van der Waals surface area contributed by atoms with Gasteiger partial charge in [-0.1, -0.05) is 249 Å². The molecule has 0 unspecified atom stereocenters. The first-order chi connectivity index (χ1) is 46.3. The summed E-state index contributed by atoms with van der Waals surface area (Å²) in [5.41, 5.74) is 13.1. The number of rotatable bonds is 10. The summed E-state index contributed by atoms with van der Waals surface area (Å²) in [7, 11) is 0. The Morgan fingerprint density at radius 3 is 1.27 bits per heavy atom. The molecule has 8 heteroatoms. The second kappa shape index (κ2) is 22.8. The van der Waals surface area contributed by atoms with Gasteiger partial charge in [0.1, 0.15) is 11.2 Å². The minimum Gasteiger partial charge on any atom is -0.456 e. The van der Waals surface area contributed by atoms with Crippen LogP contribution in [0.5, 0.6) is 0 Å². The average molecular weight is 1130 g/mol. The molecule has 0 aliphatic carbocycles. The maximum absolute atomic E-state index is 8.57. The van der Waals surface area contributed by atoms with E-state index in [1.54, 1.807) is 6.07 Å². The van der Waals surface area contributed by atoms with E-state index in [2.05, 4.69) is 124 Å². The summed E-state index contributed by atoms with van der Waals surface area (Å²) in [4.78, 5) is 28.2. The van der Waals surface area contributed by atoms with E-state index >= 15 is 0 Å². The lowest BCUT2D eigenvalue weighted by molar-refractivity contribution is 0.669. The molecule has 0 spiro atoms. The lowest BCUT2D eigenvalue weighted by atomic mass is 9.97. The average Bonchev–Trinajstić information content (AvgIpc) is 0.867. The molecule has 404 valence electrons. The van der Waals surface area contributed by atoms with Crippen LogP contribution in [0.2, 0.25) is 0 Å². The fourth-order valence-electron chi connectivity index (χ4n) is 10.7. The Hall–Kier alpha value is -11.3. The molecule has 86 heavy (non-hydrogen) atoms. The van der Waals surface area contributed by atoms with E-state index in [0.717, 1.165) is 66.4 Å². The number of furan rings is 1. The third-order valence-corrected chi connectivity index (χ3v) is 16.1. The predicted molar refractivity (Wildman–Crippen MR) is 354 cm³/mol. The van der Waals surface area contributed by atoms with E-state index in [9.17, 15) is 0 Å². The summed E-state index contributed by atoms with van der Waals surface area (Å²) < 4.78 is 83.4. The highest BCUT2D eigenvalue weighted by Crippen LogP contribution is 2.39. The third-order valence-electron chi connectivity index (χ3n) is 14.9. The standard InChI is InChI=1S/C39H25N3O.C39H25N3S/c1-3-11-26(12-4-1)37-40-38(27-13-5-2-6-14-27)42-39(41-37)32-18-10-17-30(24-32)28-15-9-16-29(23-28)31-21-22-34-33-19-7-8-20-35(33)43-36(34)25-31;1-3-10-27(11-4-1)37-40-38(28-12-5-2-6-13-28)42-39(41-37)29-20-18-26(19-21-29)30-14-9-15-31(24-30)32-22-23-36-34(25-32)33-16-7-8-17-35(33)43-36/h2*1-25H/i1D,2D,3D,4D,5D,6D,11D,12D,13D;. The van der Waals surface area contributed by atoms with Crippen molar-refractivity contribution in [2.24, 2.45) is 0 Å². The minimum atomic E-state index is -0.571. The Morgan fingerprint density at radius 1 is 0.233 bits per heavy atom. The maximum atomic E-state index is 8.57. The molecule has 0 bridgehead atoms. The van der Waals surface area contributed by atoms with Gasteiger partial charge in [-0.15, -0.1) is 11.3 Å². The van der Waals surface area contributed by atoms with Gasteiger partial charge in [0.05, 0.1) is 12.3 Å². The summed E-state index contributed by atoms with van der Waals surface area (Å²) in [5, 5.41) is 4.72. The van der Waals surface area contributed by atoms with Crippen LogP contribution in [0.1, 0.15) is 12.3 Å². The molecule has 0 fully saturated rings. The van der Waals surface area contributed by atoms with Gasteiger partial charge in [0.2, 0.25) is 0 Å². The van der Waals surface area contributed by atoms with Crippen LogP contribution in [0.3, 0.4) is 0 Å². The third kappa shape index (κ3) is 10.5. The smallest absolute Gasteiger partial charge is 0.164 e. The largest absolute Gasteiger partial charge is 0.456 e. The van der Waals surface area contributed by atoms with Crippen molar-refractivity contribution in [2.45, 2.75) is 0 Å². The molecule has 4 heterocycles. The van der Waals surface area contributed by atoms with Crippen molar-refractivity contribution in [1.82, 2.24) is 29.9 Å². The summed E-state index contributed by atoms with van der Waals surface area (Å²) in [5.74, 6) is 1.68. The van der Waals surface area contributed by atoms with E-state index in [1.165, 1.54) is 42.9 Å². The van der Waals surface area contributed by atoms with Crippen LogP contribution < -0.4 is 0 Å². The molecule has 4 aromatic heterocycles. The predicted octanol–water partition coefficient (Wildman–Crippen LogP) is 20.7. The van der Waals surface area contributed by atoms with Crippen LogP contribution in [0.4, 0.5) is 0 Å². The minimum absolute atomic E-state index is 0.0338. The number of para-hydroxylation sites is 1. The van der Waals surface area contributed by atoms with Gasteiger partial charge in [-0.25, -0.2) is 29.9 Å². The van der Waals surface area contributed by atoms with Crippen LogP contribution in [-0.2, 0) is 0 Å². The summed E-state index contributed by atoms with van der Waals surface area (Å²) in [6.07, 6.45) is 0. The number of thiophene rings is 1. The lowest BCUT2D eigenvalue weighted by Crippen LogP contribution is -2.00. The van der Waals surface area contributed by atoms with E-state index in [-0.39, 0.29) is 34.6 Å². The fraction of sp³-hybridized carbons (Fsp3) is 0. The van der Waals surface area contributed by atoms with Gasteiger partial charge >= 0.3 is 0 Å². The van der Waals surface area contributed by atoms with Crippen molar-refractivity contribution < 1.29 is 16.8 Å². The molecule has 0 saturated heterocycles. The number of aromatic nitrogens is 6. The SMILES string of the molecule is [2H]c1cc(-c2nc(-c3cccc(-c4cccc(-c5ccc6c(c5)oc5ccccc56)c4)c3)nc(-c3c([2H])c([2H])c([2H])c([2H])c3[2H])n2)c([2H])c([2H])c1[2H].c1ccc(-c2nc(-c3ccccc3)nc(-c3ccc(-c4cccc(-c5ccc6sc7ccccc7c6c5)c4)cc3)n2)cc1. The van der Waals surface area contributed by atoms with E-state index in [0.29, 0.717) is 23.0 Å². The van der Waals surface area contributed by atoms with Gasteiger partial charge < -0.3 is 4.42 Å². The second-order valence-electron chi connectivity index (χ2n) is 20.4. The van der Waals surface area contributed by atoms with E-state index in [1.807, 2.05) is 139 Å². The topological polar surface area (TPSA) is 90.5 Å². The molecule has 12 aromatic carbocycles. The number of hydrogen-bond acceptors (Lipinski definition) is 8. The Bertz CT molecular complexity index is 5610. The summed E-state index contributed by atoms with van der Waals surface area (Å²) in [6, 6.07) is 79.1. The highest BCUT2D eigenvalue weighted by molar-refractivity contribution is 7.25. The van der Waals surface area contributed by atoms with Gasteiger partial charge in [-0.05, 0) is 99.1 Å².